The molecule has 1 fully saturated rings. The molecule has 2 atom stereocenters. The van der Waals surface area contributed by atoms with Crippen LogP contribution in [0.1, 0.15) is 43.0 Å². The van der Waals surface area contributed by atoms with Crippen molar-refractivity contribution in [3.05, 3.63) is 29.8 Å². The fourth-order valence-corrected chi connectivity index (χ4v) is 3.42. The van der Waals surface area contributed by atoms with Crippen molar-refractivity contribution >= 4 is 15.9 Å². The minimum absolute atomic E-state index is 0.137. The lowest BCUT2D eigenvalue weighted by molar-refractivity contribution is 0.0910. The van der Waals surface area contributed by atoms with Gasteiger partial charge in [-0.05, 0) is 50.1 Å². The van der Waals surface area contributed by atoms with Gasteiger partial charge in [0.15, 0.2) is 0 Å². The first-order chi connectivity index (χ1) is 9.94. The van der Waals surface area contributed by atoms with Crippen LogP contribution < -0.4 is 10.0 Å². The zero-order valence-electron chi connectivity index (χ0n) is 12.4. The molecule has 0 heterocycles. The molecular formula is C15H22N2O3S. The highest BCUT2D eigenvalue weighted by Gasteiger charge is 2.23. The van der Waals surface area contributed by atoms with E-state index in [0.29, 0.717) is 11.5 Å². The zero-order chi connectivity index (χ0) is 15.5. The van der Waals surface area contributed by atoms with Crippen LogP contribution in [0.15, 0.2) is 29.2 Å². The number of carbonyl (C=O) groups excluding carboxylic acids is 1. The van der Waals surface area contributed by atoms with Gasteiger partial charge in [0.25, 0.3) is 5.91 Å². The van der Waals surface area contributed by atoms with E-state index in [1.165, 1.54) is 25.6 Å². The van der Waals surface area contributed by atoms with Gasteiger partial charge in [-0.15, -0.1) is 0 Å². The monoisotopic (exact) mass is 310 g/mol. The van der Waals surface area contributed by atoms with Crippen LogP contribution in [0.5, 0.6) is 0 Å². The third-order valence-electron chi connectivity index (χ3n) is 4.12. The highest BCUT2D eigenvalue weighted by molar-refractivity contribution is 7.89. The van der Waals surface area contributed by atoms with E-state index in [0.717, 1.165) is 19.3 Å². The fourth-order valence-electron chi connectivity index (χ4n) is 2.69. The number of benzene rings is 1. The Hall–Kier alpha value is -1.40. The molecule has 2 unspecified atom stereocenters. The summed E-state index contributed by atoms with van der Waals surface area (Å²) in [5.41, 5.74) is 0.489. The van der Waals surface area contributed by atoms with Gasteiger partial charge in [-0.1, -0.05) is 19.8 Å². The summed E-state index contributed by atoms with van der Waals surface area (Å²) in [5.74, 6) is 0.355. The van der Waals surface area contributed by atoms with Gasteiger partial charge in [0, 0.05) is 11.6 Å². The Kier molecular flexibility index (Phi) is 5.00. The fraction of sp³-hybridized carbons (Fsp3) is 0.533. The van der Waals surface area contributed by atoms with Gasteiger partial charge in [0.05, 0.1) is 4.90 Å². The maximum Gasteiger partial charge on any atom is 0.251 e. The first kappa shape index (κ1) is 16.0. The van der Waals surface area contributed by atoms with Gasteiger partial charge < -0.3 is 5.32 Å². The molecule has 2 rings (SSSR count). The van der Waals surface area contributed by atoms with E-state index >= 15 is 0 Å². The average molecular weight is 310 g/mol. The second-order valence-electron chi connectivity index (χ2n) is 5.57. The van der Waals surface area contributed by atoms with E-state index in [2.05, 4.69) is 17.0 Å². The Balaban J connectivity index is 2.06. The van der Waals surface area contributed by atoms with Gasteiger partial charge in [-0.25, -0.2) is 13.1 Å². The first-order valence-corrected chi connectivity index (χ1v) is 8.77. The van der Waals surface area contributed by atoms with E-state index < -0.39 is 10.0 Å². The molecule has 0 saturated heterocycles. The molecule has 1 aromatic carbocycles. The second-order valence-corrected chi connectivity index (χ2v) is 7.46. The number of nitrogens with one attached hydrogen (secondary N) is 2. The molecule has 1 saturated carbocycles. The standard InChI is InChI=1S/C15H22N2O3S/c1-11-5-3-4-6-14(11)17-15(18)12-7-9-13(10-8-12)21(19,20)16-2/h7-11,14,16H,3-6H2,1-2H3,(H,17,18). The zero-order valence-corrected chi connectivity index (χ0v) is 13.2. The summed E-state index contributed by atoms with van der Waals surface area (Å²) in [5, 5.41) is 3.05. The average Bonchev–Trinajstić information content (AvgIpc) is 2.49. The highest BCUT2D eigenvalue weighted by Crippen LogP contribution is 2.24. The van der Waals surface area contributed by atoms with Gasteiger partial charge >= 0.3 is 0 Å². The molecule has 0 radical (unpaired) electrons. The molecular weight excluding hydrogens is 288 g/mol. The predicted molar refractivity (Wildman–Crippen MR) is 81.6 cm³/mol. The van der Waals surface area contributed by atoms with Crippen LogP contribution in [-0.4, -0.2) is 27.4 Å². The van der Waals surface area contributed by atoms with Crippen LogP contribution in [0.2, 0.25) is 0 Å². The Morgan fingerprint density at radius 1 is 1.14 bits per heavy atom. The third-order valence-corrected chi connectivity index (χ3v) is 5.55. The lowest BCUT2D eigenvalue weighted by Gasteiger charge is -2.29. The lowest BCUT2D eigenvalue weighted by Crippen LogP contribution is -2.41. The molecule has 1 aromatic rings. The second kappa shape index (κ2) is 6.58. The van der Waals surface area contributed by atoms with Crippen LogP contribution in [0, 0.1) is 5.92 Å². The molecule has 116 valence electrons. The SMILES string of the molecule is CNS(=O)(=O)c1ccc(C(=O)NC2CCCCC2C)cc1. The number of amides is 1. The van der Waals surface area contributed by atoms with E-state index in [-0.39, 0.29) is 16.8 Å². The minimum atomic E-state index is -3.46. The normalized spacial score (nSPS) is 22.8. The van der Waals surface area contributed by atoms with E-state index in [9.17, 15) is 13.2 Å². The number of carbonyl (C=O) groups is 1. The number of rotatable bonds is 4. The molecule has 0 aliphatic heterocycles. The quantitative estimate of drug-likeness (QED) is 0.892. The van der Waals surface area contributed by atoms with Crippen molar-refractivity contribution in [2.75, 3.05) is 7.05 Å². The minimum Gasteiger partial charge on any atom is -0.349 e. The van der Waals surface area contributed by atoms with Crippen LogP contribution in [0.3, 0.4) is 0 Å². The molecule has 1 aliphatic carbocycles. The lowest BCUT2D eigenvalue weighted by atomic mass is 9.86. The molecule has 1 aliphatic rings. The number of sulfonamides is 1. The molecule has 2 N–H and O–H groups in total. The predicted octanol–water partition coefficient (Wildman–Crippen LogP) is 1.90. The molecule has 21 heavy (non-hydrogen) atoms. The third kappa shape index (κ3) is 3.83. The van der Waals surface area contributed by atoms with Crippen LogP contribution in [-0.2, 0) is 10.0 Å². The van der Waals surface area contributed by atoms with Crippen molar-refractivity contribution in [1.82, 2.24) is 10.0 Å². The van der Waals surface area contributed by atoms with Crippen molar-refractivity contribution in [3.63, 3.8) is 0 Å². The molecule has 5 nitrogen and oxygen atoms in total. The smallest absolute Gasteiger partial charge is 0.251 e. The van der Waals surface area contributed by atoms with Gasteiger partial charge in [0.2, 0.25) is 10.0 Å². The highest BCUT2D eigenvalue weighted by atomic mass is 32.2. The van der Waals surface area contributed by atoms with E-state index in [1.807, 2.05) is 0 Å². The Morgan fingerprint density at radius 2 is 1.76 bits per heavy atom. The summed E-state index contributed by atoms with van der Waals surface area (Å²) in [6.45, 7) is 2.16. The van der Waals surface area contributed by atoms with E-state index in [4.69, 9.17) is 0 Å². The van der Waals surface area contributed by atoms with Crippen LogP contribution in [0.4, 0.5) is 0 Å². The maximum absolute atomic E-state index is 12.2. The van der Waals surface area contributed by atoms with Gasteiger partial charge in [0.1, 0.15) is 0 Å². The topological polar surface area (TPSA) is 75.3 Å². The van der Waals surface area contributed by atoms with Crippen molar-refractivity contribution in [1.29, 1.82) is 0 Å². The molecule has 0 bridgehead atoms. The van der Waals surface area contributed by atoms with Crippen LogP contribution in [0.25, 0.3) is 0 Å². The molecule has 0 spiro atoms. The molecule has 0 aromatic heterocycles. The molecule has 6 heteroatoms. The van der Waals surface area contributed by atoms with Crippen molar-refractivity contribution in [2.24, 2.45) is 5.92 Å². The summed E-state index contributed by atoms with van der Waals surface area (Å²) < 4.78 is 25.5. The summed E-state index contributed by atoms with van der Waals surface area (Å²) in [6, 6.07) is 6.21. The Morgan fingerprint density at radius 3 is 2.33 bits per heavy atom. The first-order valence-electron chi connectivity index (χ1n) is 7.28. The van der Waals surface area contributed by atoms with Gasteiger partial charge in [-0.2, -0.15) is 0 Å². The largest absolute Gasteiger partial charge is 0.349 e. The summed E-state index contributed by atoms with van der Waals surface area (Å²) >= 11 is 0. The molecule has 1 amide bonds. The Labute approximate surface area is 126 Å². The van der Waals surface area contributed by atoms with Crippen molar-refractivity contribution < 1.29 is 13.2 Å². The maximum atomic E-state index is 12.2. The number of hydrogen-bond donors (Lipinski definition) is 2. The van der Waals surface area contributed by atoms with E-state index in [1.54, 1.807) is 12.1 Å². The van der Waals surface area contributed by atoms with Crippen molar-refractivity contribution in [3.8, 4) is 0 Å². The van der Waals surface area contributed by atoms with Crippen molar-refractivity contribution in [2.45, 2.75) is 43.5 Å². The van der Waals surface area contributed by atoms with Gasteiger partial charge in [-0.3, -0.25) is 4.79 Å². The summed E-state index contributed by atoms with van der Waals surface area (Å²) in [6.07, 6.45) is 4.53. The summed E-state index contributed by atoms with van der Waals surface area (Å²) in [4.78, 5) is 12.4. The number of hydrogen-bond acceptors (Lipinski definition) is 3. The van der Waals surface area contributed by atoms with Crippen LogP contribution >= 0.6 is 0 Å². The summed E-state index contributed by atoms with van der Waals surface area (Å²) in [7, 11) is -2.10. The Bertz CT molecular complexity index is 596.